The van der Waals surface area contributed by atoms with Gasteiger partial charge in [-0.15, -0.1) is 0 Å². The molecule has 1 heterocycles. The van der Waals surface area contributed by atoms with Crippen LogP contribution in [0.4, 0.5) is 15.3 Å². The van der Waals surface area contributed by atoms with Crippen molar-refractivity contribution in [3.8, 4) is 0 Å². The minimum Gasteiger partial charge on any atom is -0.443 e. The Morgan fingerprint density at radius 3 is 1.82 bits per heavy atom. The quantitative estimate of drug-likeness (QED) is 0.724. The number of imide groups is 1. The Hall–Kier alpha value is -1.63. The molecule has 0 unspecified atom stereocenters. The number of aromatic nitrogens is 1. The van der Waals surface area contributed by atoms with Crippen molar-refractivity contribution in [3.05, 3.63) is 22.9 Å². The molecule has 0 aliphatic heterocycles. The number of carbonyl (C=O) groups is 2. The second-order valence-corrected chi connectivity index (χ2v) is 7.57. The number of amides is 2. The van der Waals surface area contributed by atoms with Gasteiger partial charge in [-0.3, -0.25) is 4.98 Å². The minimum absolute atomic E-state index is 0.262. The van der Waals surface area contributed by atoms with Crippen LogP contribution in [0.1, 0.15) is 41.5 Å². The van der Waals surface area contributed by atoms with Gasteiger partial charge in [0.1, 0.15) is 11.2 Å². The molecule has 1 aromatic heterocycles. The third kappa shape index (κ3) is 6.01. The SMILES string of the molecule is CC(C)(C)OC(=O)N(C(=O)OC(C)(C)C)c1cncc(Br)c1. The summed E-state index contributed by atoms with van der Waals surface area (Å²) >= 11 is 3.26. The van der Waals surface area contributed by atoms with Crippen LogP contribution in [-0.2, 0) is 9.47 Å². The van der Waals surface area contributed by atoms with Crippen LogP contribution >= 0.6 is 15.9 Å². The van der Waals surface area contributed by atoms with Crippen molar-refractivity contribution in [2.75, 3.05) is 4.90 Å². The van der Waals surface area contributed by atoms with Crippen molar-refractivity contribution >= 4 is 33.8 Å². The molecule has 0 fully saturated rings. The number of hydrogen-bond donors (Lipinski definition) is 0. The summed E-state index contributed by atoms with van der Waals surface area (Å²) in [5.41, 5.74) is -1.22. The maximum Gasteiger partial charge on any atom is 0.424 e. The van der Waals surface area contributed by atoms with Crippen molar-refractivity contribution in [2.45, 2.75) is 52.7 Å². The van der Waals surface area contributed by atoms with Crippen molar-refractivity contribution < 1.29 is 19.1 Å². The fraction of sp³-hybridized carbons (Fsp3) is 0.533. The fourth-order valence-electron chi connectivity index (χ4n) is 1.42. The summed E-state index contributed by atoms with van der Waals surface area (Å²) in [6, 6.07) is 1.58. The lowest BCUT2D eigenvalue weighted by molar-refractivity contribution is 0.0430. The van der Waals surface area contributed by atoms with E-state index in [1.807, 2.05) is 0 Å². The zero-order chi connectivity index (χ0) is 17.1. The Kier molecular flexibility index (Phi) is 5.56. The van der Waals surface area contributed by atoms with Crippen LogP contribution < -0.4 is 4.90 Å². The standard InChI is InChI=1S/C15H21BrN2O4/c1-14(2,3)21-12(19)18(13(20)22-15(4,5)6)11-7-10(16)8-17-9-11/h7-9H,1-6H3. The van der Waals surface area contributed by atoms with Crippen LogP contribution in [-0.4, -0.2) is 28.4 Å². The van der Waals surface area contributed by atoms with Gasteiger partial charge in [0.05, 0.1) is 11.9 Å². The molecular formula is C15H21BrN2O4. The zero-order valence-electron chi connectivity index (χ0n) is 13.6. The molecule has 0 bridgehead atoms. The number of nitrogens with zero attached hydrogens (tertiary/aromatic N) is 2. The van der Waals surface area contributed by atoms with E-state index in [1.54, 1.807) is 53.8 Å². The van der Waals surface area contributed by atoms with Gasteiger partial charge in [-0.1, -0.05) is 0 Å². The van der Waals surface area contributed by atoms with E-state index in [1.165, 1.54) is 6.20 Å². The minimum atomic E-state index is -0.818. The molecule has 2 amide bonds. The molecule has 0 atom stereocenters. The molecule has 1 rings (SSSR count). The van der Waals surface area contributed by atoms with Gasteiger partial charge in [-0.25, -0.2) is 9.59 Å². The number of hydrogen-bond acceptors (Lipinski definition) is 5. The van der Waals surface area contributed by atoms with E-state index in [9.17, 15) is 9.59 Å². The third-order valence-electron chi connectivity index (χ3n) is 2.10. The molecule has 122 valence electrons. The van der Waals surface area contributed by atoms with Crippen molar-refractivity contribution in [1.82, 2.24) is 4.98 Å². The molecule has 0 aliphatic carbocycles. The normalized spacial score (nSPS) is 11.8. The first-order valence-corrected chi connectivity index (χ1v) is 7.55. The van der Waals surface area contributed by atoms with Crippen LogP contribution in [0.2, 0.25) is 0 Å². The zero-order valence-corrected chi connectivity index (χ0v) is 15.2. The fourth-order valence-corrected chi connectivity index (χ4v) is 1.78. The van der Waals surface area contributed by atoms with Crippen molar-refractivity contribution in [1.29, 1.82) is 0 Å². The Balaban J connectivity index is 3.15. The van der Waals surface area contributed by atoms with Gasteiger partial charge in [0.15, 0.2) is 0 Å². The molecule has 0 aliphatic rings. The molecule has 0 saturated carbocycles. The Morgan fingerprint density at radius 2 is 1.45 bits per heavy atom. The monoisotopic (exact) mass is 372 g/mol. The lowest BCUT2D eigenvalue weighted by Crippen LogP contribution is -2.43. The molecule has 1 aromatic rings. The first kappa shape index (κ1) is 18.4. The van der Waals surface area contributed by atoms with E-state index < -0.39 is 23.4 Å². The number of halogens is 1. The van der Waals surface area contributed by atoms with Crippen molar-refractivity contribution in [3.63, 3.8) is 0 Å². The molecular weight excluding hydrogens is 352 g/mol. The van der Waals surface area contributed by atoms with Gasteiger partial charge in [-0.2, -0.15) is 4.90 Å². The second-order valence-electron chi connectivity index (χ2n) is 6.66. The average molecular weight is 373 g/mol. The molecule has 0 radical (unpaired) electrons. The molecule has 6 nitrogen and oxygen atoms in total. The molecule has 0 aromatic carbocycles. The van der Waals surface area contributed by atoms with Crippen LogP contribution in [0, 0.1) is 0 Å². The smallest absolute Gasteiger partial charge is 0.424 e. The second kappa shape index (κ2) is 6.64. The highest BCUT2D eigenvalue weighted by Crippen LogP contribution is 2.23. The average Bonchev–Trinajstić information content (AvgIpc) is 2.23. The predicted octanol–water partition coefficient (Wildman–Crippen LogP) is 4.52. The highest BCUT2D eigenvalue weighted by molar-refractivity contribution is 9.10. The molecule has 22 heavy (non-hydrogen) atoms. The Morgan fingerprint density at radius 1 is 1.00 bits per heavy atom. The maximum absolute atomic E-state index is 12.4. The van der Waals surface area contributed by atoms with E-state index >= 15 is 0 Å². The van der Waals surface area contributed by atoms with Crippen LogP contribution in [0.5, 0.6) is 0 Å². The van der Waals surface area contributed by atoms with Crippen LogP contribution in [0.15, 0.2) is 22.9 Å². The summed E-state index contributed by atoms with van der Waals surface area (Å²) < 4.78 is 11.2. The number of carbonyl (C=O) groups excluding carboxylic acids is 2. The lowest BCUT2D eigenvalue weighted by atomic mass is 10.2. The van der Waals surface area contributed by atoms with Crippen LogP contribution in [0.3, 0.4) is 0 Å². The Labute approximate surface area is 138 Å². The van der Waals surface area contributed by atoms with Gasteiger partial charge < -0.3 is 9.47 Å². The van der Waals surface area contributed by atoms with Crippen LogP contribution in [0.25, 0.3) is 0 Å². The van der Waals surface area contributed by atoms with Gasteiger partial charge in [-0.05, 0) is 63.5 Å². The number of rotatable bonds is 1. The lowest BCUT2D eigenvalue weighted by Gasteiger charge is -2.28. The van der Waals surface area contributed by atoms with E-state index in [-0.39, 0.29) is 5.69 Å². The number of pyridine rings is 1. The molecule has 0 saturated heterocycles. The summed E-state index contributed by atoms with van der Waals surface area (Å²) in [7, 11) is 0. The maximum atomic E-state index is 12.4. The Bertz CT molecular complexity index is 533. The van der Waals surface area contributed by atoms with Gasteiger partial charge in [0.2, 0.25) is 0 Å². The predicted molar refractivity (Wildman–Crippen MR) is 86.9 cm³/mol. The summed E-state index contributed by atoms with van der Waals surface area (Å²) in [6.07, 6.45) is 1.30. The highest BCUT2D eigenvalue weighted by atomic mass is 79.9. The van der Waals surface area contributed by atoms with E-state index in [0.717, 1.165) is 4.90 Å². The molecule has 0 N–H and O–H groups in total. The molecule has 7 heteroatoms. The van der Waals surface area contributed by atoms with Gasteiger partial charge in [0.25, 0.3) is 0 Å². The summed E-state index contributed by atoms with van der Waals surface area (Å²) in [4.78, 5) is 29.5. The third-order valence-corrected chi connectivity index (χ3v) is 2.53. The van der Waals surface area contributed by atoms with E-state index in [2.05, 4.69) is 20.9 Å². The van der Waals surface area contributed by atoms with E-state index in [4.69, 9.17) is 9.47 Å². The van der Waals surface area contributed by atoms with Gasteiger partial charge in [0, 0.05) is 10.7 Å². The number of ether oxygens (including phenoxy) is 2. The number of anilines is 1. The first-order chi connectivity index (χ1) is 9.89. The van der Waals surface area contributed by atoms with Crippen molar-refractivity contribution in [2.24, 2.45) is 0 Å². The first-order valence-electron chi connectivity index (χ1n) is 6.76. The largest absolute Gasteiger partial charge is 0.443 e. The van der Waals surface area contributed by atoms with E-state index in [0.29, 0.717) is 4.47 Å². The topological polar surface area (TPSA) is 68.7 Å². The highest BCUT2D eigenvalue weighted by Gasteiger charge is 2.32. The summed E-state index contributed by atoms with van der Waals surface area (Å²) in [5, 5.41) is 0. The molecule has 0 spiro atoms. The summed E-state index contributed by atoms with van der Waals surface area (Å²) in [5.74, 6) is 0. The summed E-state index contributed by atoms with van der Waals surface area (Å²) in [6.45, 7) is 10.3. The van der Waals surface area contributed by atoms with Gasteiger partial charge >= 0.3 is 12.2 Å².